The molecule has 0 aromatic heterocycles. The zero-order chi connectivity index (χ0) is 17.3. The summed E-state index contributed by atoms with van der Waals surface area (Å²) in [5.74, 6) is -0.634. The average Bonchev–Trinajstić information content (AvgIpc) is 2.61. The molecule has 24 heavy (non-hydrogen) atoms. The minimum Gasteiger partial charge on any atom is -0.455 e. The summed E-state index contributed by atoms with van der Waals surface area (Å²) < 4.78 is 5.32. The molecular formula is C19H24N2O3. The highest BCUT2D eigenvalue weighted by molar-refractivity contribution is 5.83. The van der Waals surface area contributed by atoms with Crippen molar-refractivity contribution in [2.75, 3.05) is 13.2 Å². The van der Waals surface area contributed by atoms with Crippen LogP contribution in [0.25, 0.3) is 0 Å². The van der Waals surface area contributed by atoms with E-state index < -0.39 is 5.41 Å². The molecule has 1 aromatic carbocycles. The van der Waals surface area contributed by atoms with Crippen LogP contribution in [-0.4, -0.2) is 25.0 Å². The van der Waals surface area contributed by atoms with Crippen LogP contribution in [0.3, 0.4) is 0 Å². The van der Waals surface area contributed by atoms with Crippen molar-refractivity contribution in [3.63, 3.8) is 0 Å². The zero-order valence-electron chi connectivity index (χ0n) is 13.9. The number of benzene rings is 1. The zero-order valence-corrected chi connectivity index (χ0v) is 13.9. The van der Waals surface area contributed by atoms with Gasteiger partial charge in [-0.3, -0.25) is 9.59 Å². The number of nitriles is 1. The molecule has 1 saturated carbocycles. The largest absolute Gasteiger partial charge is 0.455 e. The van der Waals surface area contributed by atoms with E-state index in [1.54, 1.807) is 0 Å². The second-order valence-electron chi connectivity index (χ2n) is 6.34. The van der Waals surface area contributed by atoms with Crippen LogP contribution in [0.15, 0.2) is 30.3 Å². The number of carbonyl (C=O) groups is 2. The van der Waals surface area contributed by atoms with E-state index in [4.69, 9.17) is 10.00 Å². The van der Waals surface area contributed by atoms with Gasteiger partial charge in [0.05, 0.1) is 17.9 Å². The quantitative estimate of drug-likeness (QED) is 0.616. The molecule has 0 aliphatic heterocycles. The molecular weight excluding hydrogens is 304 g/mol. The first-order valence-electron chi connectivity index (χ1n) is 8.51. The van der Waals surface area contributed by atoms with E-state index in [0.717, 1.165) is 37.7 Å². The molecule has 1 N–H and O–H groups in total. The van der Waals surface area contributed by atoms with E-state index >= 15 is 0 Å². The lowest BCUT2D eigenvalue weighted by atomic mass is 9.70. The molecule has 128 valence electrons. The molecule has 0 heterocycles. The number of ether oxygens (including phenoxy) is 1. The van der Waals surface area contributed by atoms with Crippen LogP contribution in [-0.2, 0) is 20.7 Å². The van der Waals surface area contributed by atoms with Crippen molar-refractivity contribution in [1.29, 1.82) is 5.26 Å². The summed E-state index contributed by atoms with van der Waals surface area (Å²) in [6.45, 7) is 0.00282. The van der Waals surface area contributed by atoms with Gasteiger partial charge in [0.1, 0.15) is 0 Å². The smallest absolute Gasteiger partial charge is 0.312 e. The van der Waals surface area contributed by atoms with Crippen LogP contribution >= 0.6 is 0 Å². The van der Waals surface area contributed by atoms with E-state index in [9.17, 15) is 9.59 Å². The predicted molar refractivity (Wildman–Crippen MR) is 89.9 cm³/mol. The van der Waals surface area contributed by atoms with Gasteiger partial charge in [-0.25, -0.2) is 0 Å². The average molecular weight is 328 g/mol. The normalized spacial score (nSPS) is 16.0. The molecule has 1 aliphatic rings. The number of nitrogens with one attached hydrogen (secondary N) is 1. The summed E-state index contributed by atoms with van der Waals surface area (Å²) in [6.07, 6.45) is 5.67. The Morgan fingerprint density at radius 2 is 1.88 bits per heavy atom. The number of nitrogens with zero attached hydrogens (tertiary/aromatic N) is 1. The van der Waals surface area contributed by atoms with Crippen molar-refractivity contribution in [3.8, 4) is 6.07 Å². The Bertz CT molecular complexity index is 586. The Morgan fingerprint density at radius 3 is 2.54 bits per heavy atom. The lowest BCUT2D eigenvalue weighted by Gasteiger charge is -2.35. The maximum absolute atomic E-state index is 12.7. The van der Waals surface area contributed by atoms with Crippen LogP contribution in [0.2, 0.25) is 0 Å². The second kappa shape index (κ2) is 9.07. The van der Waals surface area contributed by atoms with Gasteiger partial charge in [0, 0.05) is 6.54 Å². The Morgan fingerprint density at radius 1 is 1.17 bits per heavy atom. The monoisotopic (exact) mass is 328 g/mol. The molecule has 0 spiro atoms. The van der Waals surface area contributed by atoms with Gasteiger partial charge in [-0.2, -0.15) is 5.26 Å². The fourth-order valence-corrected chi connectivity index (χ4v) is 3.26. The number of esters is 1. The second-order valence-corrected chi connectivity index (χ2v) is 6.34. The molecule has 5 heteroatoms. The standard InChI is InChI=1S/C19H24N2O3/c20-12-7-13-21-17(22)15-24-18(23)19(10-5-2-6-11-19)14-16-8-3-1-4-9-16/h1,3-4,8-9H,2,5-7,10-11,13-15H2,(H,21,22). The first-order chi connectivity index (χ1) is 11.7. The number of amides is 1. The molecule has 0 atom stereocenters. The molecule has 1 fully saturated rings. The molecule has 2 rings (SSSR count). The van der Waals surface area contributed by atoms with Gasteiger partial charge in [-0.05, 0) is 24.8 Å². The highest BCUT2D eigenvalue weighted by Crippen LogP contribution is 2.40. The Hall–Kier alpha value is -2.35. The lowest BCUT2D eigenvalue weighted by molar-refractivity contribution is -0.161. The Balaban J connectivity index is 1.95. The first-order valence-corrected chi connectivity index (χ1v) is 8.51. The van der Waals surface area contributed by atoms with Gasteiger partial charge in [-0.1, -0.05) is 49.6 Å². The first kappa shape index (κ1) is 18.0. The van der Waals surface area contributed by atoms with Gasteiger partial charge >= 0.3 is 5.97 Å². The third kappa shape index (κ3) is 5.09. The van der Waals surface area contributed by atoms with Crippen molar-refractivity contribution in [2.45, 2.75) is 44.9 Å². The van der Waals surface area contributed by atoms with Gasteiger partial charge < -0.3 is 10.1 Å². The minimum absolute atomic E-state index is 0.248. The maximum Gasteiger partial charge on any atom is 0.312 e. The molecule has 1 aliphatic carbocycles. The minimum atomic E-state index is -0.521. The van der Waals surface area contributed by atoms with Gasteiger partial charge in [0.15, 0.2) is 6.61 Å². The molecule has 0 radical (unpaired) electrons. The number of hydrogen-bond donors (Lipinski definition) is 1. The third-order valence-electron chi connectivity index (χ3n) is 4.52. The number of hydrogen-bond acceptors (Lipinski definition) is 4. The molecule has 1 aromatic rings. The van der Waals surface area contributed by atoms with E-state index in [2.05, 4.69) is 5.32 Å². The fourth-order valence-electron chi connectivity index (χ4n) is 3.26. The number of carbonyl (C=O) groups excluding carboxylic acids is 2. The summed E-state index contributed by atoms with van der Waals surface area (Å²) >= 11 is 0. The summed E-state index contributed by atoms with van der Waals surface area (Å²) in [5.41, 5.74) is 0.599. The van der Waals surface area contributed by atoms with Crippen molar-refractivity contribution in [2.24, 2.45) is 5.41 Å². The van der Waals surface area contributed by atoms with Crippen molar-refractivity contribution >= 4 is 11.9 Å². The maximum atomic E-state index is 12.7. The summed E-state index contributed by atoms with van der Waals surface area (Å²) in [7, 11) is 0. The van der Waals surface area contributed by atoms with Gasteiger partial charge in [0.25, 0.3) is 5.91 Å². The Labute approximate surface area is 143 Å². The van der Waals surface area contributed by atoms with Crippen LogP contribution < -0.4 is 5.32 Å². The van der Waals surface area contributed by atoms with Gasteiger partial charge in [-0.15, -0.1) is 0 Å². The molecule has 0 unspecified atom stereocenters. The summed E-state index contributed by atoms with van der Waals surface area (Å²) in [6, 6.07) is 11.9. The van der Waals surface area contributed by atoms with Crippen LogP contribution in [0.4, 0.5) is 0 Å². The topological polar surface area (TPSA) is 79.2 Å². The number of rotatable bonds is 7. The van der Waals surface area contributed by atoms with Crippen molar-refractivity contribution < 1.29 is 14.3 Å². The lowest BCUT2D eigenvalue weighted by Crippen LogP contribution is -2.39. The van der Waals surface area contributed by atoms with Crippen molar-refractivity contribution in [1.82, 2.24) is 5.32 Å². The highest BCUT2D eigenvalue weighted by atomic mass is 16.5. The Kier molecular flexibility index (Phi) is 6.80. The summed E-state index contributed by atoms with van der Waals surface area (Å²) in [5, 5.41) is 11.0. The SMILES string of the molecule is N#CCCNC(=O)COC(=O)C1(Cc2ccccc2)CCCCC1. The van der Waals surface area contributed by atoms with E-state index in [0.29, 0.717) is 6.42 Å². The van der Waals surface area contributed by atoms with Crippen molar-refractivity contribution in [3.05, 3.63) is 35.9 Å². The molecule has 0 saturated heterocycles. The van der Waals surface area contributed by atoms with E-state index in [-0.39, 0.29) is 31.4 Å². The fraction of sp³-hybridized carbons (Fsp3) is 0.526. The van der Waals surface area contributed by atoms with E-state index in [1.807, 2.05) is 36.4 Å². The van der Waals surface area contributed by atoms with Crippen LogP contribution in [0.1, 0.15) is 44.1 Å². The third-order valence-corrected chi connectivity index (χ3v) is 4.52. The molecule has 5 nitrogen and oxygen atoms in total. The molecule has 0 bridgehead atoms. The van der Waals surface area contributed by atoms with Gasteiger partial charge in [0.2, 0.25) is 0 Å². The molecule has 1 amide bonds. The van der Waals surface area contributed by atoms with Crippen LogP contribution in [0, 0.1) is 16.7 Å². The predicted octanol–water partition coefficient (Wildman–Crippen LogP) is 2.75. The highest BCUT2D eigenvalue weighted by Gasteiger charge is 2.41. The van der Waals surface area contributed by atoms with E-state index in [1.165, 1.54) is 0 Å². The summed E-state index contributed by atoms with van der Waals surface area (Å²) in [4.78, 5) is 24.4. The van der Waals surface area contributed by atoms with Crippen LogP contribution in [0.5, 0.6) is 0 Å².